The SMILES string of the molecule is [C-]#[N+]C[C@H]1CN(c2nc(OCC3CCC3)nc3c2CCN(c2cccc4cccc(Cl)c24)C3)CCN1C(=O)C(=C)F.[C-]#[N+]C[C@H]1CN(c2nc(OCC3CN(C(C)C)CCO3)nc3c2CCN(c2cccc4cccc(Cl)c24)C3)CCN1C(=O)C(=C)F.[C-]#[N+]C[C@H]1CN(c2nc(OCC3CN(CC)CCO3)nc3c2CCN(c2cccc4cccc(Cl)c24)C3)CCN1C(=O)C(=C)F. The number of aromatic nitrogens is 6. The number of anilines is 6. The maximum atomic E-state index is 13.9. The van der Waals surface area contributed by atoms with Crippen LogP contribution >= 0.6 is 34.8 Å². The molecule has 34 heteroatoms. The third kappa shape index (κ3) is 21.0. The van der Waals surface area contributed by atoms with Gasteiger partial charge < -0.3 is 82.3 Å². The van der Waals surface area contributed by atoms with Crippen LogP contribution in [0.4, 0.5) is 47.7 Å². The van der Waals surface area contributed by atoms with E-state index in [0.717, 1.165) is 166 Å². The number of piperazine rings is 3. The molecule has 1 saturated carbocycles. The summed E-state index contributed by atoms with van der Waals surface area (Å²) >= 11 is 20.0. The molecule has 6 aromatic carbocycles. The molecule has 2 unspecified atom stereocenters. The zero-order valence-electron chi connectivity index (χ0n) is 74.6. The van der Waals surface area contributed by atoms with E-state index in [0.29, 0.717) is 144 Å². The van der Waals surface area contributed by atoms with Crippen molar-refractivity contribution < 1.29 is 51.2 Å². The molecule has 6 fully saturated rings. The van der Waals surface area contributed by atoms with Crippen molar-refractivity contribution in [3.05, 3.63) is 230 Å². The standard InChI is InChI=1S/C34H39ClFN7O3.C33H37ClFN7O3.C31H32ClFN6O2/c1-22(2)40-15-16-45-26(19-40)21-46-34-38-29-20-41(30-10-6-8-24-7-5-9-28(35)31(24)30)12-11-27(29)32(39-34)42-13-14-43(33(44)23(3)36)25(18-42)17-37-4;1-4-39-15-16-44-25(19-39)21-45-33-37-28-20-40(29-10-6-8-23-7-5-9-27(34)30(23)29)12-11-26(28)31(38-33)41-13-14-42(32(43)22(2)35)24(18-41)17-36-3;1-20(33)30(40)39-15-14-38(17-23(39)16-34-2)29-24-12-13-37(27-11-5-9-22-8-4-10-25(32)28(22)27)18-26(24)35-31(36-29)41-19-21-6-3-7-21/h5-10,22,25-26H,3,11-21H2,1-2H3;5-10,24-25H,2,4,11-21H2,1H3;4-5,8-11,21,23H,1,3,6-7,12-19H2/t25-,26?;24-,25?;23-/m000/s1. The Balaban J connectivity index is 0.000000145. The van der Waals surface area contributed by atoms with E-state index >= 15 is 0 Å². The topological polar surface area (TPSA) is 223 Å². The molecule has 0 radical (unpaired) electrons. The maximum Gasteiger partial charge on any atom is 0.318 e. The lowest BCUT2D eigenvalue weighted by Crippen LogP contribution is -2.57. The number of fused-ring (bicyclic) bond motifs is 6. The quantitative estimate of drug-likeness (QED) is 0.0429. The van der Waals surface area contributed by atoms with E-state index in [1.807, 2.05) is 54.6 Å². The lowest BCUT2D eigenvalue weighted by Gasteiger charge is -2.41. The molecule has 690 valence electrons. The Labute approximate surface area is 782 Å². The van der Waals surface area contributed by atoms with Crippen LogP contribution in [0.3, 0.4) is 0 Å². The fourth-order valence-electron chi connectivity index (χ4n) is 19.2. The van der Waals surface area contributed by atoms with Crippen LogP contribution in [0.1, 0.15) is 73.8 Å². The van der Waals surface area contributed by atoms with Crippen molar-refractivity contribution >= 4 is 119 Å². The molecule has 3 aromatic heterocycles. The van der Waals surface area contributed by atoms with Crippen molar-refractivity contribution in [3.8, 4) is 18.0 Å². The summed E-state index contributed by atoms with van der Waals surface area (Å²) < 4.78 is 72.0. The lowest BCUT2D eigenvalue weighted by atomic mass is 9.86. The minimum Gasteiger partial charge on any atom is -0.463 e. The van der Waals surface area contributed by atoms with Crippen LogP contribution in [0.25, 0.3) is 46.9 Å². The molecule has 18 rings (SSSR count). The van der Waals surface area contributed by atoms with Gasteiger partial charge in [-0.25, -0.2) is 32.9 Å². The first kappa shape index (κ1) is 93.4. The highest BCUT2D eigenvalue weighted by molar-refractivity contribution is 6.37. The number of hydrogen-bond donors (Lipinski definition) is 0. The molecule has 0 N–H and O–H groups in total. The van der Waals surface area contributed by atoms with Crippen molar-refractivity contribution in [1.29, 1.82) is 0 Å². The van der Waals surface area contributed by atoms with Gasteiger partial charge >= 0.3 is 18.0 Å². The van der Waals surface area contributed by atoms with Crippen molar-refractivity contribution in [3.63, 3.8) is 0 Å². The molecule has 9 aliphatic rings. The maximum absolute atomic E-state index is 13.9. The molecule has 3 amide bonds. The monoisotopic (exact) mass is 1850 g/mol. The van der Waals surface area contributed by atoms with Gasteiger partial charge in [-0.15, -0.1) is 0 Å². The molecule has 28 nitrogen and oxygen atoms in total. The van der Waals surface area contributed by atoms with Gasteiger partial charge in [0, 0.05) is 161 Å². The highest BCUT2D eigenvalue weighted by Gasteiger charge is 2.42. The molecule has 9 aromatic rings. The minimum absolute atomic E-state index is 0.0487. The van der Waals surface area contributed by atoms with E-state index in [2.05, 4.69) is 149 Å². The molecule has 5 saturated heterocycles. The van der Waals surface area contributed by atoms with Crippen LogP contribution in [-0.2, 0) is 62.8 Å². The second-order valence-corrected chi connectivity index (χ2v) is 36.1. The number of benzene rings is 6. The van der Waals surface area contributed by atoms with Gasteiger partial charge in [0.25, 0.3) is 17.7 Å². The number of halogens is 6. The summed E-state index contributed by atoms with van der Waals surface area (Å²) in [6, 6.07) is 36.2. The number of hydrogen-bond acceptors (Lipinski definition) is 22. The smallest absolute Gasteiger partial charge is 0.318 e. The minimum atomic E-state index is -1.02. The number of ether oxygens (including phenoxy) is 5. The Hall–Kier alpha value is -11.9. The summed E-state index contributed by atoms with van der Waals surface area (Å²) in [4.78, 5) is 99.7. The molecule has 0 bridgehead atoms. The van der Waals surface area contributed by atoms with Gasteiger partial charge in [-0.2, -0.15) is 29.9 Å². The summed E-state index contributed by atoms with van der Waals surface area (Å²) in [5.74, 6) is -2.58. The normalized spacial score (nSPS) is 20.0. The molecule has 0 spiro atoms. The van der Waals surface area contributed by atoms with E-state index in [9.17, 15) is 27.6 Å². The molecule has 11 heterocycles. The van der Waals surface area contributed by atoms with Crippen LogP contribution in [0, 0.1) is 25.6 Å². The van der Waals surface area contributed by atoms with Gasteiger partial charge in [0.15, 0.2) is 17.5 Å². The van der Waals surface area contributed by atoms with Crippen molar-refractivity contribution in [1.82, 2.24) is 54.4 Å². The van der Waals surface area contributed by atoms with Gasteiger partial charge in [0.2, 0.25) is 19.6 Å². The largest absolute Gasteiger partial charge is 0.463 e. The van der Waals surface area contributed by atoms with Crippen molar-refractivity contribution in [2.45, 2.75) is 115 Å². The van der Waals surface area contributed by atoms with Gasteiger partial charge in [-0.05, 0) is 111 Å². The number of amides is 3. The van der Waals surface area contributed by atoms with E-state index in [1.165, 1.54) is 21.1 Å². The molecule has 5 atom stereocenters. The van der Waals surface area contributed by atoms with Gasteiger partial charge in [0.1, 0.15) is 61.0 Å². The predicted molar refractivity (Wildman–Crippen MR) is 508 cm³/mol. The fourth-order valence-corrected chi connectivity index (χ4v) is 20.1. The van der Waals surface area contributed by atoms with Crippen LogP contribution < -0.4 is 43.6 Å². The molecule has 132 heavy (non-hydrogen) atoms. The highest BCUT2D eigenvalue weighted by Crippen LogP contribution is 2.43. The zero-order valence-corrected chi connectivity index (χ0v) is 76.8. The van der Waals surface area contributed by atoms with Crippen LogP contribution in [0.2, 0.25) is 15.1 Å². The summed E-state index contributed by atoms with van der Waals surface area (Å²) in [5, 5.41) is 8.36. The van der Waals surface area contributed by atoms with Crippen LogP contribution in [-0.4, -0.2) is 272 Å². The third-order valence-corrected chi connectivity index (χ3v) is 27.3. The predicted octanol–water partition coefficient (Wildman–Crippen LogP) is 14.6. The van der Waals surface area contributed by atoms with Crippen molar-refractivity contribution in [2.24, 2.45) is 5.92 Å². The zero-order chi connectivity index (χ0) is 92.4. The fraction of sp³-hybridized carbons (Fsp3) is 0.449. The highest BCUT2D eigenvalue weighted by atomic mass is 35.5. The van der Waals surface area contributed by atoms with E-state index in [1.54, 1.807) is 0 Å². The Morgan fingerprint density at radius 2 is 0.788 bits per heavy atom. The average molecular weight is 1860 g/mol. The first-order chi connectivity index (χ1) is 64.0. The first-order valence-electron chi connectivity index (χ1n) is 45.3. The Bertz CT molecular complexity index is 5940. The second kappa shape index (κ2) is 42.4. The first-order valence-corrected chi connectivity index (χ1v) is 46.4. The molecule has 8 aliphatic heterocycles. The van der Waals surface area contributed by atoms with E-state index < -0.39 is 53.3 Å². The Kier molecular flexibility index (Phi) is 30.0. The summed E-state index contributed by atoms with van der Waals surface area (Å²) in [5.41, 5.74) is 8.79. The number of carbonyl (C=O) groups is 3. The van der Waals surface area contributed by atoms with E-state index in [-0.39, 0.29) is 63.5 Å². The molecular weight excluding hydrogens is 1750 g/mol. The summed E-state index contributed by atoms with van der Waals surface area (Å²) in [6.07, 6.45) is 5.39. The number of likely N-dealkylation sites (N-methyl/N-ethyl adjacent to an activating group) is 1. The number of morpholine rings is 2. The summed E-state index contributed by atoms with van der Waals surface area (Å²) in [6.45, 7) is 52.3. The van der Waals surface area contributed by atoms with Crippen LogP contribution in [0.5, 0.6) is 18.0 Å². The third-order valence-electron chi connectivity index (χ3n) is 26.4. The van der Waals surface area contributed by atoms with Gasteiger partial charge in [-0.3, -0.25) is 24.2 Å². The number of rotatable bonds is 23. The summed E-state index contributed by atoms with van der Waals surface area (Å²) in [7, 11) is 0. The Morgan fingerprint density at radius 1 is 0.447 bits per heavy atom. The number of carbonyl (C=O) groups excluding carboxylic acids is 3. The van der Waals surface area contributed by atoms with Gasteiger partial charge in [-0.1, -0.05) is 141 Å². The molecular formula is C98H108Cl3F3N20O8. The second-order valence-electron chi connectivity index (χ2n) is 34.9. The Morgan fingerprint density at radius 3 is 1.11 bits per heavy atom. The average Bonchev–Trinajstić information content (AvgIpc) is 0.768. The molecule has 1 aliphatic carbocycles. The lowest BCUT2D eigenvalue weighted by molar-refractivity contribution is -0.131. The van der Waals surface area contributed by atoms with Crippen LogP contribution in [0.15, 0.2) is 146 Å². The van der Waals surface area contributed by atoms with Gasteiger partial charge in [0.05, 0.1) is 71.6 Å². The van der Waals surface area contributed by atoms with E-state index in [4.69, 9.17) is 108 Å². The van der Waals surface area contributed by atoms with Crippen molar-refractivity contribution in [2.75, 3.05) is 193 Å². The number of nitrogens with zero attached hydrogens (tertiary/aromatic N) is 20.